The maximum absolute atomic E-state index is 14.0. The summed E-state index contributed by atoms with van der Waals surface area (Å²) in [5, 5.41) is 9.80. The van der Waals surface area contributed by atoms with Crippen LogP contribution >= 0.6 is 0 Å². The van der Waals surface area contributed by atoms with Gasteiger partial charge in [0.05, 0.1) is 18.1 Å². The second-order valence-electron chi connectivity index (χ2n) is 6.34. The third-order valence-corrected chi connectivity index (χ3v) is 4.43. The van der Waals surface area contributed by atoms with Gasteiger partial charge < -0.3 is 9.88 Å². The van der Waals surface area contributed by atoms with Crippen LogP contribution in [-0.4, -0.2) is 25.7 Å². The number of aromatic amines is 1. The fourth-order valence-corrected chi connectivity index (χ4v) is 3.01. The van der Waals surface area contributed by atoms with Crippen molar-refractivity contribution >= 4 is 5.91 Å². The maximum Gasteiger partial charge on any atom is 0.269 e. The van der Waals surface area contributed by atoms with Crippen molar-refractivity contribution in [1.82, 2.24) is 25.1 Å². The summed E-state index contributed by atoms with van der Waals surface area (Å²) < 4.78 is 15.9. The largest absolute Gasteiger partial charge is 0.342 e. The number of H-pyrrole nitrogens is 1. The third kappa shape index (κ3) is 3.83. The number of rotatable bonds is 6. The predicted molar refractivity (Wildman–Crippen MR) is 103 cm³/mol. The molecule has 2 heterocycles. The van der Waals surface area contributed by atoms with Gasteiger partial charge in [0.15, 0.2) is 0 Å². The van der Waals surface area contributed by atoms with Crippen molar-refractivity contribution in [2.45, 2.75) is 12.6 Å². The summed E-state index contributed by atoms with van der Waals surface area (Å²) in [4.78, 5) is 16.8. The van der Waals surface area contributed by atoms with E-state index in [4.69, 9.17) is 0 Å². The molecule has 1 atom stereocenters. The molecule has 7 heteroatoms. The van der Waals surface area contributed by atoms with Gasteiger partial charge in [-0.3, -0.25) is 9.89 Å². The van der Waals surface area contributed by atoms with Crippen LogP contribution in [0.1, 0.15) is 22.1 Å². The standard InChI is InChI=1S/C21H18FN5O/c22-17-9-5-4-8-16(17)18-12-19(26-25-18)21(28)24-20(13-27-11-10-23-14-27)15-6-2-1-3-7-15/h1-12,14,20H,13H2,(H,24,28)(H,25,26)/t20-/m1/s1. The summed E-state index contributed by atoms with van der Waals surface area (Å²) in [5.41, 5.74) is 1.97. The Morgan fingerprint density at radius 2 is 1.93 bits per heavy atom. The molecule has 0 aliphatic carbocycles. The van der Waals surface area contributed by atoms with Gasteiger partial charge in [0.2, 0.25) is 0 Å². The van der Waals surface area contributed by atoms with Crippen LogP contribution in [-0.2, 0) is 6.54 Å². The minimum Gasteiger partial charge on any atom is -0.342 e. The quantitative estimate of drug-likeness (QED) is 0.541. The van der Waals surface area contributed by atoms with Crippen molar-refractivity contribution in [3.63, 3.8) is 0 Å². The molecule has 4 rings (SSSR count). The van der Waals surface area contributed by atoms with Gasteiger partial charge in [0.1, 0.15) is 11.5 Å². The predicted octanol–water partition coefficient (Wildman–Crippen LogP) is 3.58. The van der Waals surface area contributed by atoms with E-state index >= 15 is 0 Å². The molecule has 1 amide bonds. The van der Waals surface area contributed by atoms with E-state index in [-0.39, 0.29) is 23.5 Å². The first-order valence-electron chi connectivity index (χ1n) is 8.82. The number of hydrogen-bond acceptors (Lipinski definition) is 3. The highest BCUT2D eigenvalue weighted by Gasteiger charge is 2.19. The lowest BCUT2D eigenvalue weighted by atomic mass is 10.1. The Morgan fingerprint density at radius 1 is 1.14 bits per heavy atom. The van der Waals surface area contributed by atoms with Crippen LogP contribution in [0.15, 0.2) is 79.4 Å². The smallest absolute Gasteiger partial charge is 0.269 e. The number of carbonyl (C=O) groups is 1. The zero-order chi connectivity index (χ0) is 19.3. The highest BCUT2D eigenvalue weighted by molar-refractivity contribution is 5.93. The summed E-state index contributed by atoms with van der Waals surface area (Å²) in [6, 6.07) is 17.3. The number of halogens is 1. The Labute approximate surface area is 161 Å². The van der Waals surface area contributed by atoms with E-state index in [0.717, 1.165) is 5.56 Å². The molecule has 0 saturated heterocycles. The lowest BCUT2D eigenvalue weighted by Gasteiger charge is -2.19. The van der Waals surface area contributed by atoms with Gasteiger partial charge in [0.25, 0.3) is 5.91 Å². The minimum absolute atomic E-state index is 0.261. The van der Waals surface area contributed by atoms with E-state index < -0.39 is 0 Å². The van der Waals surface area contributed by atoms with Crippen molar-refractivity contribution < 1.29 is 9.18 Å². The third-order valence-electron chi connectivity index (χ3n) is 4.43. The van der Waals surface area contributed by atoms with Gasteiger partial charge >= 0.3 is 0 Å². The lowest BCUT2D eigenvalue weighted by Crippen LogP contribution is -2.31. The van der Waals surface area contributed by atoms with Gasteiger partial charge in [0, 0.05) is 24.5 Å². The van der Waals surface area contributed by atoms with Crippen LogP contribution in [0.25, 0.3) is 11.3 Å². The van der Waals surface area contributed by atoms with Gasteiger partial charge in [-0.25, -0.2) is 9.37 Å². The van der Waals surface area contributed by atoms with Crippen LogP contribution in [0, 0.1) is 5.82 Å². The van der Waals surface area contributed by atoms with Gasteiger partial charge in [-0.1, -0.05) is 42.5 Å². The molecule has 28 heavy (non-hydrogen) atoms. The number of nitrogens with zero attached hydrogens (tertiary/aromatic N) is 3. The highest BCUT2D eigenvalue weighted by Crippen LogP contribution is 2.21. The molecular formula is C21H18FN5O. The van der Waals surface area contributed by atoms with Crippen LogP contribution in [0.2, 0.25) is 0 Å². The Kier molecular flexibility index (Phi) is 4.97. The van der Waals surface area contributed by atoms with Crippen LogP contribution in [0.4, 0.5) is 4.39 Å². The molecule has 2 aromatic carbocycles. The first-order chi connectivity index (χ1) is 13.7. The van der Waals surface area contributed by atoms with E-state index in [1.165, 1.54) is 6.07 Å². The molecule has 4 aromatic rings. The van der Waals surface area contributed by atoms with Crippen molar-refractivity contribution in [3.8, 4) is 11.3 Å². The molecule has 2 aromatic heterocycles. The van der Waals surface area contributed by atoms with E-state index in [0.29, 0.717) is 17.8 Å². The number of benzene rings is 2. The van der Waals surface area contributed by atoms with E-state index in [9.17, 15) is 9.18 Å². The first kappa shape index (κ1) is 17.7. The molecule has 0 fully saturated rings. The average Bonchev–Trinajstić information content (AvgIpc) is 3.41. The van der Waals surface area contributed by atoms with Gasteiger partial charge in [-0.2, -0.15) is 5.10 Å². The average molecular weight is 375 g/mol. The van der Waals surface area contributed by atoms with Crippen molar-refractivity contribution in [1.29, 1.82) is 0 Å². The molecule has 140 valence electrons. The zero-order valence-electron chi connectivity index (χ0n) is 14.9. The topological polar surface area (TPSA) is 75.6 Å². The van der Waals surface area contributed by atoms with Crippen molar-refractivity contribution in [2.24, 2.45) is 0 Å². The highest BCUT2D eigenvalue weighted by atomic mass is 19.1. The van der Waals surface area contributed by atoms with Crippen molar-refractivity contribution in [3.05, 3.63) is 96.5 Å². The molecule has 2 N–H and O–H groups in total. The van der Waals surface area contributed by atoms with E-state index in [1.54, 1.807) is 36.8 Å². The molecule has 0 saturated carbocycles. The Bertz CT molecular complexity index is 1060. The second kappa shape index (κ2) is 7.87. The van der Waals surface area contributed by atoms with Crippen molar-refractivity contribution in [2.75, 3.05) is 0 Å². The number of aromatic nitrogens is 4. The summed E-state index contributed by atoms with van der Waals surface area (Å²) in [6.45, 7) is 0.532. The number of amides is 1. The normalized spacial score (nSPS) is 11.9. The summed E-state index contributed by atoms with van der Waals surface area (Å²) in [7, 11) is 0. The number of nitrogens with one attached hydrogen (secondary N) is 2. The monoisotopic (exact) mass is 375 g/mol. The number of imidazole rings is 1. The Morgan fingerprint density at radius 3 is 2.68 bits per heavy atom. The van der Waals surface area contributed by atoms with Crippen LogP contribution in [0.3, 0.4) is 0 Å². The molecule has 0 unspecified atom stereocenters. The first-order valence-corrected chi connectivity index (χ1v) is 8.82. The molecule has 0 spiro atoms. The summed E-state index contributed by atoms with van der Waals surface area (Å²) >= 11 is 0. The van der Waals surface area contributed by atoms with Crippen LogP contribution < -0.4 is 5.32 Å². The van der Waals surface area contributed by atoms with Gasteiger partial charge in [-0.05, 0) is 23.8 Å². The second-order valence-corrected chi connectivity index (χ2v) is 6.34. The number of hydrogen-bond donors (Lipinski definition) is 2. The number of carbonyl (C=O) groups excluding carboxylic acids is 1. The lowest BCUT2D eigenvalue weighted by molar-refractivity contribution is 0.0927. The Hall–Kier alpha value is -3.74. The molecule has 0 bridgehead atoms. The van der Waals surface area contributed by atoms with Gasteiger partial charge in [-0.15, -0.1) is 0 Å². The zero-order valence-corrected chi connectivity index (χ0v) is 14.9. The van der Waals surface area contributed by atoms with E-state index in [1.807, 2.05) is 41.1 Å². The molecule has 6 nitrogen and oxygen atoms in total. The van der Waals surface area contributed by atoms with Crippen LogP contribution in [0.5, 0.6) is 0 Å². The SMILES string of the molecule is O=C(N[C@H](Cn1ccnc1)c1ccccc1)c1cc(-c2ccccc2F)n[nH]1. The fourth-order valence-electron chi connectivity index (χ4n) is 3.01. The summed E-state index contributed by atoms with van der Waals surface area (Å²) in [5.74, 6) is -0.702. The fraction of sp³-hybridized carbons (Fsp3) is 0.0952. The molecular weight excluding hydrogens is 357 g/mol. The molecule has 0 radical (unpaired) electrons. The summed E-state index contributed by atoms with van der Waals surface area (Å²) in [6.07, 6.45) is 5.24. The molecule has 0 aliphatic heterocycles. The Balaban J connectivity index is 1.55. The molecule has 0 aliphatic rings. The van der Waals surface area contributed by atoms with E-state index in [2.05, 4.69) is 20.5 Å². The maximum atomic E-state index is 14.0. The minimum atomic E-state index is -0.386.